The highest BCUT2D eigenvalue weighted by Crippen LogP contribution is 2.25. The minimum Gasteiger partial charge on any atom is -0.258 e. The van der Waals surface area contributed by atoms with Crippen LogP contribution in [0.15, 0.2) is 58.3 Å². The third-order valence-electron chi connectivity index (χ3n) is 2.76. The third-order valence-corrected chi connectivity index (χ3v) is 4.63. The lowest BCUT2D eigenvalue weighted by molar-refractivity contribution is -0.385. The van der Waals surface area contributed by atoms with E-state index in [2.05, 4.69) is 0 Å². The maximum atomic E-state index is 12.5. The summed E-state index contributed by atoms with van der Waals surface area (Å²) in [5, 5.41) is 21.1. The first kappa shape index (κ1) is 14.6. The summed E-state index contributed by atoms with van der Waals surface area (Å²) in [6.45, 7) is 0. The highest BCUT2D eigenvalue weighted by atomic mass is 32.2. The van der Waals surface area contributed by atoms with Crippen molar-refractivity contribution in [2.24, 2.45) is 0 Å². The molecule has 0 spiro atoms. The molecule has 108 valence electrons. The first-order valence-electron chi connectivity index (χ1n) is 5.60. The van der Waals surface area contributed by atoms with Gasteiger partial charge in [0.05, 0.1) is 19.6 Å². The third kappa shape index (κ3) is 2.87. The molecule has 0 aliphatic heterocycles. The predicted molar refractivity (Wildman–Crippen MR) is 73.6 cm³/mol. The van der Waals surface area contributed by atoms with Gasteiger partial charge in [0.15, 0.2) is 0 Å². The molecule has 0 aliphatic carbocycles. The van der Waals surface area contributed by atoms with Crippen LogP contribution in [0.1, 0.15) is 0 Å². The van der Waals surface area contributed by atoms with Gasteiger partial charge in [0, 0.05) is 24.3 Å². The van der Waals surface area contributed by atoms with Gasteiger partial charge in [0.25, 0.3) is 11.4 Å². The molecule has 0 atom stereocenters. The summed E-state index contributed by atoms with van der Waals surface area (Å²) in [4.78, 5) is 20.1. The van der Waals surface area contributed by atoms with Crippen molar-refractivity contribution in [2.45, 2.75) is 9.79 Å². The van der Waals surface area contributed by atoms with Crippen molar-refractivity contribution in [3.63, 3.8) is 0 Å². The number of nitro benzene ring substituents is 2. The molecule has 0 saturated heterocycles. The number of hydrogen-bond acceptors (Lipinski definition) is 6. The van der Waals surface area contributed by atoms with Crippen molar-refractivity contribution in [1.82, 2.24) is 0 Å². The number of benzene rings is 2. The molecule has 2 aromatic rings. The van der Waals surface area contributed by atoms with Crippen LogP contribution in [-0.4, -0.2) is 14.1 Å². The molecule has 21 heavy (non-hydrogen) atoms. The Morgan fingerprint density at radius 1 is 0.762 bits per heavy atom. The summed E-state index contributed by atoms with van der Waals surface area (Å²) < 4.78 is 20.4. The molecule has 0 unspecified atom stereocenters. The minimum absolute atomic E-state index is 0.0990. The predicted octanol–water partition coefficient (Wildman–Crippen LogP) is 2.97. The lowest BCUT2D eigenvalue weighted by atomic mass is 10.3. The maximum Gasteiger partial charge on any atom is 0.269 e. The van der Waals surface area contributed by atoms with Crippen molar-refractivity contribution in [3.8, 4) is 0 Å². The van der Waals surface area contributed by atoms with Crippen LogP contribution < -0.4 is 0 Å². The van der Waals surface area contributed by atoms with Gasteiger partial charge in [0.1, 0.15) is 9.73 Å². The Morgan fingerprint density at radius 2 is 1.05 bits per heavy atom. The molecule has 0 heterocycles. The summed E-state index contributed by atoms with van der Waals surface area (Å²) in [6.07, 6.45) is 0. The van der Waals surface area contributed by atoms with Gasteiger partial charge >= 0.3 is 0 Å². The molecule has 0 aromatic heterocycles. The van der Waals surface area contributed by atoms with E-state index in [-0.39, 0.29) is 21.2 Å². The zero-order chi connectivity index (χ0) is 15.6. The first-order chi connectivity index (χ1) is 9.82. The van der Waals surface area contributed by atoms with E-state index in [0.717, 1.165) is 24.3 Å². The summed E-state index contributed by atoms with van der Waals surface area (Å²) in [6, 6.07) is 9.63. The Balaban J connectivity index is 2.41. The molecular weight excluding hydrogens is 298 g/mol. The van der Waals surface area contributed by atoms with Gasteiger partial charge in [-0.15, -0.1) is 0 Å². The number of nitrogens with one attached hydrogen (secondary N) is 1. The van der Waals surface area contributed by atoms with Crippen LogP contribution in [0.4, 0.5) is 11.4 Å². The fourth-order valence-electron chi connectivity index (χ4n) is 1.66. The van der Waals surface area contributed by atoms with E-state index in [9.17, 15) is 24.4 Å². The zero-order valence-electron chi connectivity index (χ0n) is 10.5. The topological polar surface area (TPSA) is 127 Å². The average Bonchev–Trinajstić information content (AvgIpc) is 2.47. The van der Waals surface area contributed by atoms with Crippen LogP contribution in [0.25, 0.3) is 0 Å². The van der Waals surface area contributed by atoms with Gasteiger partial charge in [-0.3, -0.25) is 20.2 Å². The molecule has 1 N–H and O–H groups in total. The molecule has 0 radical (unpaired) electrons. The van der Waals surface area contributed by atoms with Crippen LogP contribution in [-0.2, 0) is 9.73 Å². The molecule has 0 aliphatic rings. The summed E-state index contributed by atoms with van der Waals surface area (Å²) in [7, 11) is -3.37. The Kier molecular flexibility index (Phi) is 3.68. The monoisotopic (exact) mass is 307 g/mol. The number of non-ortho nitro benzene ring substituents is 2. The van der Waals surface area contributed by atoms with Crippen LogP contribution >= 0.6 is 0 Å². The normalized spacial score (nSPS) is 11.0. The van der Waals surface area contributed by atoms with Crippen molar-refractivity contribution < 1.29 is 14.1 Å². The van der Waals surface area contributed by atoms with Crippen LogP contribution in [0.5, 0.6) is 0 Å². The molecule has 0 saturated carbocycles. The standard InChI is InChI=1S/C12H9N3O5S/c13-21(20,11-5-1-9(2-6-11)14(16)17)12-7-3-10(4-8-12)15(18)19/h1-8,13H. The SMILES string of the molecule is N=S(=O)(c1ccc([N+](=O)[O-])cc1)c1ccc([N+](=O)[O-])cc1. The molecule has 8 nitrogen and oxygen atoms in total. The van der Waals surface area contributed by atoms with Gasteiger partial charge in [-0.05, 0) is 24.3 Å². The first-order valence-corrected chi connectivity index (χ1v) is 7.16. The van der Waals surface area contributed by atoms with Crippen molar-refractivity contribution in [2.75, 3.05) is 0 Å². The average molecular weight is 307 g/mol. The maximum absolute atomic E-state index is 12.5. The summed E-state index contributed by atoms with van der Waals surface area (Å²) in [5.41, 5.74) is -0.338. The van der Waals surface area contributed by atoms with Gasteiger partial charge in [-0.2, -0.15) is 0 Å². The van der Waals surface area contributed by atoms with E-state index in [4.69, 9.17) is 4.78 Å². The van der Waals surface area contributed by atoms with E-state index in [0.29, 0.717) is 0 Å². The van der Waals surface area contributed by atoms with Gasteiger partial charge < -0.3 is 0 Å². The zero-order valence-corrected chi connectivity index (χ0v) is 11.3. The van der Waals surface area contributed by atoms with Crippen molar-refractivity contribution in [3.05, 3.63) is 68.8 Å². The second-order valence-electron chi connectivity index (χ2n) is 4.06. The lowest BCUT2D eigenvalue weighted by Crippen LogP contribution is -2.00. The highest BCUT2D eigenvalue weighted by Gasteiger charge is 2.16. The lowest BCUT2D eigenvalue weighted by Gasteiger charge is -2.07. The second kappa shape index (κ2) is 5.29. The van der Waals surface area contributed by atoms with Gasteiger partial charge in [0.2, 0.25) is 0 Å². The summed E-state index contributed by atoms with van der Waals surface area (Å²) in [5.74, 6) is 0. The van der Waals surface area contributed by atoms with Crippen LogP contribution in [0.2, 0.25) is 0 Å². The fraction of sp³-hybridized carbons (Fsp3) is 0. The van der Waals surface area contributed by atoms with Crippen LogP contribution in [0.3, 0.4) is 0 Å². The van der Waals surface area contributed by atoms with Gasteiger partial charge in [-0.25, -0.2) is 8.99 Å². The minimum atomic E-state index is -3.37. The molecule has 0 fully saturated rings. The second-order valence-corrected chi connectivity index (χ2v) is 6.11. The van der Waals surface area contributed by atoms with Crippen molar-refractivity contribution >= 4 is 21.1 Å². The number of nitro groups is 2. The Bertz CT molecular complexity index is 734. The molecular formula is C12H9N3O5S. The molecule has 9 heteroatoms. The number of nitrogens with zero attached hydrogens (tertiary/aromatic N) is 2. The van der Waals surface area contributed by atoms with Crippen molar-refractivity contribution in [1.29, 1.82) is 4.78 Å². The van der Waals surface area contributed by atoms with Crippen LogP contribution in [0, 0.1) is 25.0 Å². The molecule has 2 aromatic carbocycles. The largest absolute Gasteiger partial charge is 0.269 e. The highest BCUT2D eigenvalue weighted by molar-refractivity contribution is 7.92. The molecule has 0 bridgehead atoms. The Hall–Kier alpha value is -2.81. The van der Waals surface area contributed by atoms with E-state index < -0.39 is 19.6 Å². The Morgan fingerprint density at radius 3 is 1.29 bits per heavy atom. The quantitative estimate of drug-likeness (QED) is 0.686. The fourth-order valence-corrected chi connectivity index (χ4v) is 2.97. The Labute approximate surface area is 119 Å². The van der Waals surface area contributed by atoms with Gasteiger partial charge in [-0.1, -0.05) is 0 Å². The van der Waals surface area contributed by atoms with E-state index in [1.54, 1.807) is 0 Å². The van der Waals surface area contributed by atoms with E-state index in [1.807, 2.05) is 0 Å². The summed E-state index contributed by atoms with van der Waals surface area (Å²) >= 11 is 0. The number of hydrogen-bond donors (Lipinski definition) is 1. The smallest absolute Gasteiger partial charge is 0.258 e. The molecule has 0 amide bonds. The number of rotatable bonds is 4. The van der Waals surface area contributed by atoms with E-state index >= 15 is 0 Å². The van der Waals surface area contributed by atoms with E-state index in [1.165, 1.54) is 24.3 Å². The molecule has 2 rings (SSSR count).